The van der Waals surface area contributed by atoms with Gasteiger partial charge in [0.05, 0.1) is 0 Å². The molecule has 0 heterocycles. The van der Waals surface area contributed by atoms with Gasteiger partial charge in [-0.25, -0.2) is 0 Å². The van der Waals surface area contributed by atoms with Crippen LogP contribution in [-0.4, -0.2) is 11.7 Å². The molecule has 0 atom stereocenters. The second kappa shape index (κ2) is 13.4. The summed E-state index contributed by atoms with van der Waals surface area (Å²) in [4.78, 5) is 0. The zero-order chi connectivity index (χ0) is 11.2. The molecule has 0 aliphatic carbocycles. The lowest BCUT2D eigenvalue weighted by atomic mass is 10.2. The largest absolute Gasteiger partial charge is 0.396 e. The molecule has 0 aromatic rings. The predicted molar refractivity (Wildman–Crippen MR) is 68.0 cm³/mol. The molecule has 0 aromatic heterocycles. The van der Waals surface area contributed by atoms with Gasteiger partial charge < -0.3 is 5.11 Å². The topological polar surface area (TPSA) is 20.2 Å². The van der Waals surface area contributed by atoms with Crippen LogP contribution < -0.4 is 0 Å². The highest BCUT2D eigenvalue weighted by Crippen LogP contribution is 2.01. The van der Waals surface area contributed by atoms with Gasteiger partial charge in [0, 0.05) is 6.61 Å². The van der Waals surface area contributed by atoms with Crippen LogP contribution >= 0.6 is 0 Å². The Hall–Kier alpha value is -0.560. The van der Waals surface area contributed by atoms with Crippen molar-refractivity contribution in [2.75, 3.05) is 6.61 Å². The zero-order valence-corrected chi connectivity index (χ0v) is 10.1. The number of unbranched alkanes of at least 4 members (excludes halogenated alkanes) is 5. The van der Waals surface area contributed by atoms with Gasteiger partial charge in [0.15, 0.2) is 0 Å². The van der Waals surface area contributed by atoms with Gasteiger partial charge in [0.2, 0.25) is 0 Å². The molecule has 88 valence electrons. The van der Waals surface area contributed by atoms with Crippen LogP contribution in [0.5, 0.6) is 0 Å². The average Bonchev–Trinajstić information content (AvgIpc) is 2.26. The Bertz CT molecular complexity index is 141. The summed E-state index contributed by atoms with van der Waals surface area (Å²) in [7, 11) is 0. The molecule has 0 rings (SSSR count). The van der Waals surface area contributed by atoms with Crippen molar-refractivity contribution in [1.82, 2.24) is 0 Å². The number of hydrogen-bond acceptors (Lipinski definition) is 1. The van der Waals surface area contributed by atoms with Crippen molar-refractivity contribution in [3.8, 4) is 0 Å². The first kappa shape index (κ1) is 14.4. The monoisotopic (exact) mass is 210 g/mol. The lowest BCUT2D eigenvalue weighted by Gasteiger charge is -1.91. The summed E-state index contributed by atoms with van der Waals surface area (Å²) in [5, 5.41) is 8.57. The molecule has 0 saturated carbocycles. The Morgan fingerprint density at radius 3 is 1.93 bits per heavy atom. The van der Waals surface area contributed by atoms with Gasteiger partial charge in [0.25, 0.3) is 0 Å². The van der Waals surface area contributed by atoms with Crippen molar-refractivity contribution in [2.24, 2.45) is 0 Å². The minimum atomic E-state index is 0.325. The Balaban J connectivity index is 3.14. The number of aliphatic hydroxyl groups is 1. The van der Waals surface area contributed by atoms with E-state index in [1.54, 1.807) is 0 Å². The zero-order valence-electron chi connectivity index (χ0n) is 10.1. The van der Waals surface area contributed by atoms with Crippen molar-refractivity contribution < 1.29 is 5.11 Å². The van der Waals surface area contributed by atoms with Crippen LogP contribution in [0.2, 0.25) is 0 Å². The first-order chi connectivity index (χ1) is 7.41. The summed E-state index contributed by atoms with van der Waals surface area (Å²) in [5.41, 5.74) is 0. The molecule has 0 radical (unpaired) electrons. The predicted octanol–water partition coefficient (Wildman–Crippen LogP) is 4.23. The van der Waals surface area contributed by atoms with Crippen LogP contribution in [0, 0.1) is 0 Å². The fourth-order valence-corrected chi connectivity index (χ4v) is 1.39. The van der Waals surface area contributed by atoms with Crippen molar-refractivity contribution >= 4 is 0 Å². The minimum Gasteiger partial charge on any atom is -0.396 e. The third-order valence-electron chi connectivity index (χ3n) is 2.36. The molecule has 15 heavy (non-hydrogen) atoms. The quantitative estimate of drug-likeness (QED) is 0.422. The maximum Gasteiger partial charge on any atom is 0.0431 e. The molecular formula is C14H26O. The number of allylic oxidation sites excluding steroid dienone is 4. The first-order valence-electron chi connectivity index (χ1n) is 6.32. The molecular weight excluding hydrogens is 184 g/mol. The normalized spacial score (nSPS) is 11.9. The molecule has 0 bridgehead atoms. The van der Waals surface area contributed by atoms with Crippen molar-refractivity contribution in [2.45, 2.75) is 58.3 Å². The molecule has 0 unspecified atom stereocenters. The van der Waals surface area contributed by atoms with Crippen LogP contribution in [0.4, 0.5) is 0 Å². The Morgan fingerprint density at radius 2 is 1.40 bits per heavy atom. The molecule has 1 nitrogen and oxygen atoms in total. The van der Waals surface area contributed by atoms with E-state index in [9.17, 15) is 0 Å². The van der Waals surface area contributed by atoms with Crippen LogP contribution in [-0.2, 0) is 0 Å². The van der Waals surface area contributed by atoms with Crippen LogP contribution in [0.1, 0.15) is 58.3 Å². The van der Waals surface area contributed by atoms with Crippen LogP contribution in [0.15, 0.2) is 24.3 Å². The van der Waals surface area contributed by atoms with E-state index < -0.39 is 0 Å². The van der Waals surface area contributed by atoms with Gasteiger partial charge in [-0.3, -0.25) is 0 Å². The van der Waals surface area contributed by atoms with Gasteiger partial charge in [-0.1, -0.05) is 44.1 Å². The van der Waals surface area contributed by atoms with E-state index in [4.69, 9.17) is 5.11 Å². The smallest absolute Gasteiger partial charge is 0.0431 e. The maximum absolute atomic E-state index is 8.57. The maximum atomic E-state index is 8.57. The van der Waals surface area contributed by atoms with E-state index in [-0.39, 0.29) is 0 Å². The van der Waals surface area contributed by atoms with Gasteiger partial charge in [-0.15, -0.1) is 0 Å². The molecule has 0 aliphatic rings. The Morgan fingerprint density at radius 1 is 0.800 bits per heavy atom. The molecule has 1 N–H and O–H groups in total. The molecule has 0 aliphatic heterocycles. The van der Waals surface area contributed by atoms with Crippen LogP contribution in [0.3, 0.4) is 0 Å². The van der Waals surface area contributed by atoms with Gasteiger partial charge in [-0.2, -0.15) is 0 Å². The number of aliphatic hydroxyl groups excluding tert-OH is 1. The molecule has 0 spiro atoms. The van der Waals surface area contributed by atoms with E-state index in [1.807, 2.05) is 0 Å². The van der Waals surface area contributed by atoms with E-state index in [0.717, 1.165) is 25.7 Å². The summed E-state index contributed by atoms with van der Waals surface area (Å²) >= 11 is 0. The molecule has 1 heteroatoms. The van der Waals surface area contributed by atoms with Crippen molar-refractivity contribution in [1.29, 1.82) is 0 Å². The van der Waals surface area contributed by atoms with Crippen molar-refractivity contribution in [3.05, 3.63) is 24.3 Å². The third kappa shape index (κ3) is 13.4. The fraction of sp³-hybridized carbons (Fsp3) is 0.714. The highest BCUT2D eigenvalue weighted by molar-refractivity contribution is 4.92. The third-order valence-corrected chi connectivity index (χ3v) is 2.36. The summed E-state index contributed by atoms with van der Waals surface area (Å²) in [6.45, 7) is 2.56. The van der Waals surface area contributed by atoms with E-state index in [0.29, 0.717) is 6.61 Å². The van der Waals surface area contributed by atoms with E-state index >= 15 is 0 Å². The molecule has 0 fully saturated rings. The van der Waals surface area contributed by atoms with E-state index in [1.165, 1.54) is 25.7 Å². The molecule has 0 saturated heterocycles. The fourth-order valence-electron chi connectivity index (χ4n) is 1.39. The second-order valence-electron chi connectivity index (χ2n) is 3.89. The summed E-state index contributed by atoms with van der Waals surface area (Å²) in [5.74, 6) is 0. The summed E-state index contributed by atoms with van der Waals surface area (Å²) in [6, 6.07) is 0. The van der Waals surface area contributed by atoms with Gasteiger partial charge in [0.1, 0.15) is 0 Å². The highest BCUT2D eigenvalue weighted by Gasteiger charge is 1.82. The van der Waals surface area contributed by atoms with Gasteiger partial charge >= 0.3 is 0 Å². The Kier molecular flexibility index (Phi) is 12.9. The average molecular weight is 210 g/mol. The number of hydrogen-bond donors (Lipinski definition) is 1. The standard InChI is InChI=1S/C14H26O/c1-2-3-4-5-6-7-8-9-10-11-12-13-14-15/h6-7,9-10,15H,2-5,8,11-14H2,1H3. The van der Waals surface area contributed by atoms with E-state index in [2.05, 4.69) is 31.2 Å². The van der Waals surface area contributed by atoms with Crippen molar-refractivity contribution in [3.63, 3.8) is 0 Å². The van der Waals surface area contributed by atoms with Gasteiger partial charge in [-0.05, 0) is 38.5 Å². The van der Waals surface area contributed by atoms with Crippen LogP contribution in [0.25, 0.3) is 0 Å². The molecule has 0 amide bonds. The highest BCUT2D eigenvalue weighted by atomic mass is 16.2. The first-order valence-corrected chi connectivity index (χ1v) is 6.32. The number of rotatable bonds is 10. The summed E-state index contributed by atoms with van der Waals surface area (Å²) < 4.78 is 0. The lowest BCUT2D eigenvalue weighted by molar-refractivity contribution is 0.285. The summed E-state index contributed by atoms with van der Waals surface area (Å²) in [6.07, 6.45) is 18.4. The second-order valence-corrected chi connectivity index (χ2v) is 3.89. The minimum absolute atomic E-state index is 0.325. The lowest BCUT2D eigenvalue weighted by Crippen LogP contribution is -1.79. The molecule has 0 aromatic carbocycles. The SMILES string of the molecule is CCCCCC=CCC=CCCCCO. The Labute approximate surface area is 94.9 Å².